The number of ether oxygens (including phenoxy) is 1. The maximum absolute atomic E-state index is 12.4. The summed E-state index contributed by atoms with van der Waals surface area (Å²) in [5.41, 5.74) is 2.42. The highest BCUT2D eigenvalue weighted by molar-refractivity contribution is 6.32. The second kappa shape index (κ2) is 8.72. The molecule has 0 saturated heterocycles. The fourth-order valence-electron chi connectivity index (χ4n) is 2.50. The SMILES string of the molecule is COc1ccc(N(CC(=O)Nc2ccc(C(C)C)cc2)C(C)=O)cc1Cl. The van der Waals surface area contributed by atoms with Gasteiger partial charge in [0.1, 0.15) is 12.3 Å². The highest BCUT2D eigenvalue weighted by atomic mass is 35.5. The van der Waals surface area contributed by atoms with E-state index >= 15 is 0 Å². The Kier molecular flexibility index (Phi) is 6.64. The van der Waals surface area contributed by atoms with Gasteiger partial charge in [-0.25, -0.2) is 0 Å². The molecule has 0 unspecified atom stereocenters. The lowest BCUT2D eigenvalue weighted by molar-refractivity contribution is -0.120. The van der Waals surface area contributed by atoms with Gasteiger partial charge < -0.3 is 15.0 Å². The van der Waals surface area contributed by atoms with Gasteiger partial charge in [0.2, 0.25) is 11.8 Å². The number of carbonyl (C=O) groups is 2. The number of benzene rings is 2. The summed E-state index contributed by atoms with van der Waals surface area (Å²) in [6.07, 6.45) is 0. The van der Waals surface area contributed by atoms with Crippen LogP contribution in [-0.4, -0.2) is 25.5 Å². The topological polar surface area (TPSA) is 58.6 Å². The number of hydrogen-bond acceptors (Lipinski definition) is 3. The molecule has 0 aliphatic heterocycles. The normalized spacial score (nSPS) is 10.5. The molecule has 0 aliphatic carbocycles. The summed E-state index contributed by atoms with van der Waals surface area (Å²) >= 11 is 6.12. The van der Waals surface area contributed by atoms with E-state index in [9.17, 15) is 9.59 Å². The third-order valence-electron chi connectivity index (χ3n) is 3.99. The molecule has 0 radical (unpaired) electrons. The molecule has 26 heavy (non-hydrogen) atoms. The number of amides is 2. The summed E-state index contributed by atoms with van der Waals surface area (Å²) in [7, 11) is 1.52. The third-order valence-corrected chi connectivity index (χ3v) is 4.29. The van der Waals surface area contributed by atoms with Crippen molar-refractivity contribution in [2.75, 3.05) is 23.9 Å². The number of methoxy groups -OCH3 is 1. The van der Waals surface area contributed by atoms with E-state index in [0.29, 0.717) is 28.1 Å². The molecule has 0 bridgehead atoms. The number of anilines is 2. The van der Waals surface area contributed by atoms with Gasteiger partial charge in [-0.1, -0.05) is 37.6 Å². The van der Waals surface area contributed by atoms with Gasteiger partial charge in [-0.3, -0.25) is 9.59 Å². The first-order valence-electron chi connectivity index (χ1n) is 8.33. The number of nitrogens with zero attached hydrogens (tertiary/aromatic N) is 1. The van der Waals surface area contributed by atoms with Gasteiger partial charge in [-0.2, -0.15) is 0 Å². The summed E-state index contributed by atoms with van der Waals surface area (Å²) in [4.78, 5) is 25.7. The second-order valence-electron chi connectivity index (χ2n) is 6.25. The van der Waals surface area contributed by atoms with Gasteiger partial charge in [0.05, 0.1) is 12.1 Å². The molecule has 0 heterocycles. The molecule has 2 aromatic carbocycles. The number of hydrogen-bond donors (Lipinski definition) is 1. The van der Waals surface area contributed by atoms with Crippen molar-refractivity contribution in [2.24, 2.45) is 0 Å². The predicted octanol–water partition coefficient (Wildman–Crippen LogP) is 4.46. The van der Waals surface area contributed by atoms with Gasteiger partial charge >= 0.3 is 0 Å². The Hall–Kier alpha value is -2.53. The Labute approximate surface area is 158 Å². The zero-order valence-electron chi connectivity index (χ0n) is 15.4. The van der Waals surface area contributed by atoms with E-state index in [-0.39, 0.29) is 18.4 Å². The van der Waals surface area contributed by atoms with Gasteiger partial charge in [0.25, 0.3) is 0 Å². The van der Waals surface area contributed by atoms with Crippen molar-refractivity contribution in [3.8, 4) is 5.75 Å². The Morgan fingerprint density at radius 2 is 1.81 bits per heavy atom. The van der Waals surface area contributed by atoms with Crippen LogP contribution in [0.5, 0.6) is 5.75 Å². The fraction of sp³-hybridized carbons (Fsp3) is 0.300. The fourth-order valence-corrected chi connectivity index (χ4v) is 2.76. The Balaban J connectivity index is 2.10. The van der Waals surface area contributed by atoms with Crippen LogP contribution in [0, 0.1) is 0 Å². The Morgan fingerprint density at radius 1 is 1.15 bits per heavy atom. The van der Waals surface area contributed by atoms with Crippen LogP contribution in [0.15, 0.2) is 42.5 Å². The number of halogens is 1. The van der Waals surface area contributed by atoms with Crippen LogP contribution < -0.4 is 15.0 Å². The van der Waals surface area contributed by atoms with E-state index in [4.69, 9.17) is 16.3 Å². The number of carbonyl (C=O) groups excluding carboxylic acids is 2. The molecule has 0 fully saturated rings. The summed E-state index contributed by atoms with van der Waals surface area (Å²) < 4.78 is 5.11. The van der Waals surface area contributed by atoms with Crippen LogP contribution >= 0.6 is 11.6 Å². The van der Waals surface area contributed by atoms with E-state index in [0.717, 1.165) is 0 Å². The molecule has 0 saturated carbocycles. The van der Waals surface area contributed by atoms with Gasteiger partial charge in [-0.15, -0.1) is 0 Å². The van der Waals surface area contributed by atoms with E-state index in [1.54, 1.807) is 18.2 Å². The van der Waals surface area contributed by atoms with Crippen LogP contribution in [-0.2, 0) is 9.59 Å². The van der Waals surface area contributed by atoms with Crippen molar-refractivity contribution in [3.05, 3.63) is 53.1 Å². The zero-order chi connectivity index (χ0) is 19.3. The quantitative estimate of drug-likeness (QED) is 0.811. The molecule has 1 N–H and O–H groups in total. The summed E-state index contributed by atoms with van der Waals surface area (Å²) in [5.74, 6) is 0.391. The molecule has 2 rings (SSSR count). The van der Waals surface area contributed by atoms with Gasteiger partial charge in [0, 0.05) is 18.3 Å². The molecular formula is C20H23ClN2O3. The van der Waals surface area contributed by atoms with Crippen LogP contribution in [0.2, 0.25) is 5.02 Å². The molecule has 2 amide bonds. The minimum absolute atomic E-state index is 0.107. The lowest BCUT2D eigenvalue weighted by Crippen LogP contribution is -2.36. The molecule has 0 spiro atoms. The van der Waals surface area contributed by atoms with Crippen molar-refractivity contribution >= 4 is 34.8 Å². The third kappa shape index (κ3) is 4.99. The molecule has 0 atom stereocenters. The maximum atomic E-state index is 12.4. The van der Waals surface area contributed by atoms with Crippen LogP contribution in [0.25, 0.3) is 0 Å². The Bertz CT molecular complexity index is 788. The van der Waals surface area contributed by atoms with E-state index in [2.05, 4.69) is 19.2 Å². The molecule has 2 aromatic rings. The first-order valence-corrected chi connectivity index (χ1v) is 8.71. The van der Waals surface area contributed by atoms with Crippen molar-refractivity contribution in [2.45, 2.75) is 26.7 Å². The molecule has 0 aliphatic rings. The van der Waals surface area contributed by atoms with Crippen molar-refractivity contribution in [1.29, 1.82) is 0 Å². The lowest BCUT2D eigenvalue weighted by atomic mass is 10.0. The van der Waals surface area contributed by atoms with E-state index < -0.39 is 0 Å². The molecular weight excluding hydrogens is 352 g/mol. The minimum Gasteiger partial charge on any atom is -0.495 e. The van der Waals surface area contributed by atoms with Crippen LogP contribution in [0.3, 0.4) is 0 Å². The van der Waals surface area contributed by atoms with Gasteiger partial charge in [0.15, 0.2) is 0 Å². The highest BCUT2D eigenvalue weighted by Gasteiger charge is 2.17. The van der Waals surface area contributed by atoms with E-state index in [1.165, 1.54) is 24.5 Å². The number of rotatable bonds is 6. The minimum atomic E-state index is -0.288. The van der Waals surface area contributed by atoms with Crippen molar-refractivity contribution < 1.29 is 14.3 Å². The molecule has 138 valence electrons. The zero-order valence-corrected chi connectivity index (χ0v) is 16.1. The average Bonchev–Trinajstić information content (AvgIpc) is 2.59. The largest absolute Gasteiger partial charge is 0.495 e. The van der Waals surface area contributed by atoms with Gasteiger partial charge in [-0.05, 0) is 41.8 Å². The lowest BCUT2D eigenvalue weighted by Gasteiger charge is -2.21. The Morgan fingerprint density at radius 3 is 2.31 bits per heavy atom. The maximum Gasteiger partial charge on any atom is 0.244 e. The van der Waals surface area contributed by atoms with E-state index in [1.807, 2.05) is 24.3 Å². The smallest absolute Gasteiger partial charge is 0.244 e. The summed E-state index contributed by atoms with van der Waals surface area (Å²) in [6.45, 7) is 5.52. The monoisotopic (exact) mass is 374 g/mol. The van der Waals surface area contributed by atoms with Crippen LogP contribution in [0.4, 0.5) is 11.4 Å². The van der Waals surface area contributed by atoms with Crippen molar-refractivity contribution in [1.82, 2.24) is 0 Å². The second-order valence-corrected chi connectivity index (χ2v) is 6.66. The average molecular weight is 375 g/mol. The highest BCUT2D eigenvalue weighted by Crippen LogP contribution is 2.29. The number of nitrogens with one attached hydrogen (secondary N) is 1. The van der Waals surface area contributed by atoms with Crippen LogP contribution in [0.1, 0.15) is 32.3 Å². The summed E-state index contributed by atoms with van der Waals surface area (Å²) in [6, 6.07) is 12.6. The first kappa shape index (κ1) is 19.8. The van der Waals surface area contributed by atoms with Crippen molar-refractivity contribution in [3.63, 3.8) is 0 Å². The summed E-state index contributed by atoms with van der Waals surface area (Å²) in [5, 5.41) is 3.19. The first-order chi connectivity index (χ1) is 12.3. The molecule has 6 heteroatoms. The predicted molar refractivity (Wildman–Crippen MR) is 105 cm³/mol. The molecule has 0 aromatic heterocycles. The molecule has 5 nitrogen and oxygen atoms in total. The standard InChI is InChI=1S/C20H23ClN2O3/c1-13(2)15-5-7-16(8-6-15)22-20(25)12-23(14(3)24)17-9-10-19(26-4)18(21)11-17/h5-11,13H,12H2,1-4H3,(H,22,25).